The second kappa shape index (κ2) is 6.67. The molecule has 0 radical (unpaired) electrons. The zero-order chi connectivity index (χ0) is 17.1. The standard InChI is InChI=1S/C16H13ClN4O3/c17-13-12(6-3-7-18-13)20-16(24)19-8-9-21-14(22)10-4-1-2-5-11(10)15(21)23/h1-7H,8-9H2,(H2,19,20,24). The number of urea groups is 1. The first kappa shape index (κ1) is 15.9. The van der Waals surface area contributed by atoms with Crippen LogP contribution >= 0.6 is 11.6 Å². The molecule has 0 aliphatic carbocycles. The summed E-state index contributed by atoms with van der Waals surface area (Å²) in [7, 11) is 0. The number of nitrogens with zero attached hydrogens (tertiary/aromatic N) is 2. The highest BCUT2D eigenvalue weighted by atomic mass is 35.5. The lowest BCUT2D eigenvalue weighted by Gasteiger charge is -2.14. The van der Waals surface area contributed by atoms with Crippen LogP contribution in [0.25, 0.3) is 0 Å². The van der Waals surface area contributed by atoms with Crippen LogP contribution in [0.15, 0.2) is 42.6 Å². The number of hydrogen-bond acceptors (Lipinski definition) is 4. The molecule has 0 atom stereocenters. The van der Waals surface area contributed by atoms with Gasteiger partial charge in [0.25, 0.3) is 11.8 Å². The highest BCUT2D eigenvalue weighted by molar-refractivity contribution is 6.32. The third-order valence-electron chi connectivity index (χ3n) is 3.51. The van der Waals surface area contributed by atoms with Crippen LogP contribution in [-0.2, 0) is 0 Å². The molecule has 1 aromatic carbocycles. The average molecular weight is 345 g/mol. The number of carbonyl (C=O) groups is 3. The Morgan fingerprint density at radius 2 is 1.75 bits per heavy atom. The number of rotatable bonds is 4. The highest BCUT2D eigenvalue weighted by Gasteiger charge is 2.34. The Morgan fingerprint density at radius 1 is 1.08 bits per heavy atom. The number of anilines is 1. The van der Waals surface area contributed by atoms with Crippen molar-refractivity contribution in [2.45, 2.75) is 0 Å². The third-order valence-corrected chi connectivity index (χ3v) is 3.81. The molecule has 24 heavy (non-hydrogen) atoms. The van der Waals surface area contributed by atoms with Crippen molar-refractivity contribution in [3.63, 3.8) is 0 Å². The van der Waals surface area contributed by atoms with Gasteiger partial charge in [0, 0.05) is 19.3 Å². The Morgan fingerprint density at radius 3 is 2.38 bits per heavy atom. The van der Waals surface area contributed by atoms with Gasteiger partial charge in [0.1, 0.15) is 0 Å². The number of pyridine rings is 1. The number of nitrogens with one attached hydrogen (secondary N) is 2. The van der Waals surface area contributed by atoms with Crippen LogP contribution in [0.4, 0.5) is 10.5 Å². The largest absolute Gasteiger partial charge is 0.336 e. The lowest BCUT2D eigenvalue weighted by atomic mass is 10.1. The van der Waals surface area contributed by atoms with Crippen molar-refractivity contribution in [2.75, 3.05) is 18.4 Å². The van der Waals surface area contributed by atoms with Crippen LogP contribution in [-0.4, -0.2) is 40.8 Å². The van der Waals surface area contributed by atoms with E-state index in [1.165, 1.54) is 6.20 Å². The van der Waals surface area contributed by atoms with Gasteiger partial charge in [-0.3, -0.25) is 14.5 Å². The van der Waals surface area contributed by atoms with E-state index in [0.717, 1.165) is 4.90 Å². The number of aromatic nitrogens is 1. The molecule has 7 nitrogen and oxygen atoms in total. The Bertz CT molecular complexity index is 789. The number of imide groups is 1. The lowest BCUT2D eigenvalue weighted by molar-refractivity contribution is 0.0656. The Balaban J connectivity index is 1.54. The molecular formula is C16H13ClN4O3. The molecule has 0 saturated heterocycles. The highest BCUT2D eigenvalue weighted by Crippen LogP contribution is 2.21. The molecule has 0 unspecified atom stereocenters. The zero-order valence-electron chi connectivity index (χ0n) is 12.5. The molecule has 2 aromatic rings. The van der Waals surface area contributed by atoms with Crippen LogP contribution in [0.3, 0.4) is 0 Å². The summed E-state index contributed by atoms with van der Waals surface area (Å²) < 4.78 is 0. The number of fused-ring (bicyclic) bond motifs is 1. The smallest absolute Gasteiger partial charge is 0.319 e. The minimum Gasteiger partial charge on any atom is -0.336 e. The van der Waals surface area contributed by atoms with Gasteiger partial charge in [-0.1, -0.05) is 23.7 Å². The van der Waals surface area contributed by atoms with Gasteiger partial charge in [0.05, 0.1) is 16.8 Å². The molecule has 0 spiro atoms. The fourth-order valence-corrected chi connectivity index (χ4v) is 2.54. The van der Waals surface area contributed by atoms with Crippen LogP contribution < -0.4 is 10.6 Å². The number of carbonyl (C=O) groups excluding carboxylic acids is 3. The number of benzene rings is 1. The predicted octanol–water partition coefficient (Wildman–Crippen LogP) is 2.15. The summed E-state index contributed by atoms with van der Waals surface area (Å²) >= 11 is 5.84. The molecule has 0 saturated carbocycles. The molecule has 1 aromatic heterocycles. The molecule has 122 valence electrons. The van der Waals surface area contributed by atoms with E-state index in [1.54, 1.807) is 36.4 Å². The van der Waals surface area contributed by atoms with Crippen LogP contribution in [0.5, 0.6) is 0 Å². The molecule has 2 heterocycles. The van der Waals surface area contributed by atoms with E-state index < -0.39 is 6.03 Å². The van der Waals surface area contributed by atoms with Crippen molar-refractivity contribution in [3.05, 3.63) is 58.9 Å². The van der Waals surface area contributed by atoms with Gasteiger partial charge in [-0.25, -0.2) is 9.78 Å². The maximum absolute atomic E-state index is 12.2. The molecule has 0 bridgehead atoms. The van der Waals surface area contributed by atoms with E-state index in [2.05, 4.69) is 15.6 Å². The maximum Gasteiger partial charge on any atom is 0.319 e. The third kappa shape index (κ3) is 3.07. The van der Waals surface area contributed by atoms with Gasteiger partial charge in [0.15, 0.2) is 5.15 Å². The minimum atomic E-state index is -0.499. The van der Waals surface area contributed by atoms with E-state index >= 15 is 0 Å². The fourth-order valence-electron chi connectivity index (χ4n) is 2.37. The van der Waals surface area contributed by atoms with E-state index in [0.29, 0.717) is 16.8 Å². The first-order chi connectivity index (χ1) is 11.6. The van der Waals surface area contributed by atoms with Crippen molar-refractivity contribution >= 4 is 35.1 Å². The van der Waals surface area contributed by atoms with Crippen molar-refractivity contribution in [1.29, 1.82) is 0 Å². The first-order valence-corrected chi connectivity index (χ1v) is 7.56. The Kier molecular flexibility index (Phi) is 4.43. The molecule has 8 heteroatoms. The summed E-state index contributed by atoms with van der Waals surface area (Å²) in [5, 5.41) is 5.29. The second-order valence-electron chi connectivity index (χ2n) is 5.03. The lowest BCUT2D eigenvalue weighted by Crippen LogP contribution is -2.39. The van der Waals surface area contributed by atoms with Gasteiger partial charge in [-0.15, -0.1) is 0 Å². The number of amides is 4. The van der Waals surface area contributed by atoms with Crippen molar-refractivity contribution in [1.82, 2.24) is 15.2 Å². The molecule has 3 rings (SSSR count). The molecule has 1 aliphatic rings. The van der Waals surface area contributed by atoms with Crippen molar-refractivity contribution in [3.8, 4) is 0 Å². The SMILES string of the molecule is O=C(NCCN1C(=O)c2ccccc2C1=O)Nc1cccnc1Cl. The van der Waals surface area contributed by atoms with Gasteiger partial charge in [-0.05, 0) is 24.3 Å². The van der Waals surface area contributed by atoms with Crippen LogP contribution in [0, 0.1) is 0 Å². The van der Waals surface area contributed by atoms with Crippen molar-refractivity contribution in [2.24, 2.45) is 0 Å². The maximum atomic E-state index is 12.2. The topological polar surface area (TPSA) is 91.4 Å². The van der Waals surface area contributed by atoms with Gasteiger partial charge >= 0.3 is 6.03 Å². The quantitative estimate of drug-likeness (QED) is 0.656. The molecular weight excluding hydrogens is 332 g/mol. The number of hydrogen-bond donors (Lipinski definition) is 2. The van der Waals surface area contributed by atoms with Crippen LogP contribution in [0.1, 0.15) is 20.7 Å². The summed E-state index contributed by atoms with van der Waals surface area (Å²) in [5.74, 6) is -0.707. The van der Waals surface area contributed by atoms with E-state index in [1.807, 2.05) is 0 Å². The van der Waals surface area contributed by atoms with E-state index in [-0.39, 0.29) is 30.1 Å². The molecule has 1 aliphatic heterocycles. The van der Waals surface area contributed by atoms with E-state index in [9.17, 15) is 14.4 Å². The van der Waals surface area contributed by atoms with E-state index in [4.69, 9.17) is 11.6 Å². The normalized spacial score (nSPS) is 13.0. The summed E-state index contributed by atoms with van der Waals surface area (Å²) in [6.07, 6.45) is 1.51. The average Bonchev–Trinajstić information content (AvgIpc) is 2.82. The van der Waals surface area contributed by atoms with Gasteiger partial charge in [0.2, 0.25) is 0 Å². The molecule has 2 N–H and O–H groups in total. The second-order valence-corrected chi connectivity index (χ2v) is 5.39. The van der Waals surface area contributed by atoms with Gasteiger partial charge in [-0.2, -0.15) is 0 Å². The number of halogens is 1. The monoisotopic (exact) mass is 344 g/mol. The molecule has 4 amide bonds. The summed E-state index contributed by atoms with van der Waals surface area (Å²) in [6.45, 7) is 0.204. The summed E-state index contributed by atoms with van der Waals surface area (Å²) in [4.78, 5) is 41.1. The Labute approximate surface area is 142 Å². The minimum absolute atomic E-state index is 0.0839. The molecule has 0 fully saturated rings. The predicted molar refractivity (Wildman–Crippen MR) is 88.1 cm³/mol. The fraction of sp³-hybridized carbons (Fsp3) is 0.125. The van der Waals surface area contributed by atoms with Crippen LogP contribution in [0.2, 0.25) is 5.15 Å². The summed E-state index contributed by atoms with van der Waals surface area (Å²) in [5.41, 5.74) is 1.14. The Hall–Kier alpha value is -2.93. The zero-order valence-corrected chi connectivity index (χ0v) is 13.2. The van der Waals surface area contributed by atoms with Gasteiger partial charge < -0.3 is 10.6 Å². The summed E-state index contributed by atoms with van der Waals surface area (Å²) in [6, 6.07) is 9.38. The van der Waals surface area contributed by atoms with Crippen molar-refractivity contribution < 1.29 is 14.4 Å². The first-order valence-electron chi connectivity index (χ1n) is 7.18.